The normalized spacial score (nSPS) is 18.7. The smallest absolute Gasteiger partial charge is 0.270 e. The molecule has 6 nitrogen and oxygen atoms in total. The SMILES string of the molecule is Cc1cc([N+](=O)[O-])cc(C(=O)N2CC[C@H](N)C2)c1F. The van der Waals surface area contributed by atoms with E-state index in [2.05, 4.69) is 0 Å². The van der Waals surface area contributed by atoms with Crippen LogP contribution in [0.15, 0.2) is 12.1 Å². The Hall–Kier alpha value is -2.02. The third-order valence-corrected chi connectivity index (χ3v) is 3.19. The van der Waals surface area contributed by atoms with Gasteiger partial charge in [-0.3, -0.25) is 14.9 Å². The predicted octanol–water partition coefficient (Wildman–Crippen LogP) is 1.22. The van der Waals surface area contributed by atoms with Gasteiger partial charge in [-0.05, 0) is 18.9 Å². The monoisotopic (exact) mass is 267 g/mol. The summed E-state index contributed by atoms with van der Waals surface area (Å²) in [5, 5.41) is 10.8. The van der Waals surface area contributed by atoms with Crippen molar-refractivity contribution < 1.29 is 14.1 Å². The first-order chi connectivity index (χ1) is 8.90. The number of carbonyl (C=O) groups excluding carboxylic acids is 1. The van der Waals surface area contributed by atoms with Crippen LogP contribution < -0.4 is 5.73 Å². The Kier molecular flexibility index (Phi) is 3.48. The highest BCUT2D eigenvalue weighted by Gasteiger charge is 2.28. The number of benzene rings is 1. The van der Waals surface area contributed by atoms with Crippen molar-refractivity contribution in [3.8, 4) is 0 Å². The van der Waals surface area contributed by atoms with Gasteiger partial charge in [-0.15, -0.1) is 0 Å². The summed E-state index contributed by atoms with van der Waals surface area (Å²) in [6, 6.07) is 1.97. The molecule has 0 aliphatic carbocycles. The Morgan fingerprint density at radius 2 is 2.26 bits per heavy atom. The fourth-order valence-electron chi connectivity index (χ4n) is 2.15. The van der Waals surface area contributed by atoms with Crippen LogP contribution in [0.5, 0.6) is 0 Å². The van der Waals surface area contributed by atoms with E-state index < -0.39 is 16.6 Å². The minimum absolute atomic E-state index is 0.0843. The lowest BCUT2D eigenvalue weighted by atomic mass is 10.1. The van der Waals surface area contributed by atoms with E-state index in [1.54, 1.807) is 0 Å². The number of nitro benzene ring substituents is 1. The fourth-order valence-corrected chi connectivity index (χ4v) is 2.15. The number of nitrogens with two attached hydrogens (primary N) is 1. The number of halogens is 1. The van der Waals surface area contributed by atoms with Gasteiger partial charge < -0.3 is 10.6 Å². The van der Waals surface area contributed by atoms with Crippen LogP contribution in [0.3, 0.4) is 0 Å². The number of non-ortho nitro benzene ring substituents is 1. The molecular formula is C12H14FN3O3. The molecule has 1 amide bonds. The van der Waals surface area contributed by atoms with Crippen LogP contribution in [0.2, 0.25) is 0 Å². The summed E-state index contributed by atoms with van der Waals surface area (Å²) in [6.45, 7) is 2.19. The molecule has 2 N–H and O–H groups in total. The number of amides is 1. The Morgan fingerprint density at radius 3 is 2.79 bits per heavy atom. The number of hydrogen-bond acceptors (Lipinski definition) is 4. The first-order valence-corrected chi connectivity index (χ1v) is 5.89. The van der Waals surface area contributed by atoms with Crippen molar-refractivity contribution in [1.29, 1.82) is 0 Å². The maximum Gasteiger partial charge on any atom is 0.270 e. The molecule has 1 saturated heterocycles. The second kappa shape index (κ2) is 4.93. The molecule has 1 heterocycles. The van der Waals surface area contributed by atoms with E-state index in [0.29, 0.717) is 19.5 Å². The van der Waals surface area contributed by atoms with Crippen LogP contribution in [0.1, 0.15) is 22.3 Å². The summed E-state index contributed by atoms with van der Waals surface area (Å²) in [5.74, 6) is -1.26. The fraction of sp³-hybridized carbons (Fsp3) is 0.417. The molecule has 1 aliphatic rings. The van der Waals surface area contributed by atoms with Crippen molar-refractivity contribution in [3.63, 3.8) is 0 Å². The lowest BCUT2D eigenvalue weighted by Crippen LogP contribution is -2.32. The molecule has 1 aromatic carbocycles. The summed E-state index contributed by atoms with van der Waals surface area (Å²) in [7, 11) is 0. The average molecular weight is 267 g/mol. The zero-order valence-corrected chi connectivity index (χ0v) is 10.4. The molecule has 7 heteroatoms. The molecule has 0 spiro atoms. The molecule has 1 fully saturated rings. The van der Waals surface area contributed by atoms with Gasteiger partial charge in [0.25, 0.3) is 11.6 Å². The Morgan fingerprint density at radius 1 is 1.58 bits per heavy atom. The first-order valence-electron chi connectivity index (χ1n) is 5.89. The van der Waals surface area contributed by atoms with Crippen LogP contribution in [0.25, 0.3) is 0 Å². The highest BCUT2D eigenvalue weighted by Crippen LogP contribution is 2.23. The van der Waals surface area contributed by atoms with Gasteiger partial charge in [-0.25, -0.2) is 4.39 Å². The maximum absolute atomic E-state index is 13.9. The molecule has 0 radical (unpaired) electrons. The van der Waals surface area contributed by atoms with Gasteiger partial charge in [0.1, 0.15) is 5.82 Å². The van der Waals surface area contributed by atoms with Crippen LogP contribution >= 0.6 is 0 Å². The van der Waals surface area contributed by atoms with E-state index in [1.165, 1.54) is 11.8 Å². The van der Waals surface area contributed by atoms with E-state index in [0.717, 1.165) is 12.1 Å². The summed E-state index contributed by atoms with van der Waals surface area (Å²) in [4.78, 5) is 23.7. The minimum atomic E-state index is -0.712. The van der Waals surface area contributed by atoms with E-state index in [-0.39, 0.29) is 22.9 Å². The Bertz CT molecular complexity index is 547. The molecule has 0 saturated carbocycles. The molecule has 0 unspecified atom stereocenters. The lowest BCUT2D eigenvalue weighted by Gasteiger charge is -2.16. The van der Waals surface area contributed by atoms with Gasteiger partial charge in [0.05, 0.1) is 10.5 Å². The molecule has 19 heavy (non-hydrogen) atoms. The number of nitro groups is 1. The topological polar surface area (TPSA) is 89.5 Å². The van der Waals surface area contributed by atoms with E-state index in [1.807, 2.05) is 0 Å². The average Bonchev–Trinajstić information content (AvgIpc) is 2.78. The van der Waals surface area contributed by atoms with Crippen LogP contribution in [-0.2, 0) is 0 Å². The van der Waals surface area contributed by atoms with Crippen molar-refractivity contribution >= 4 is 11.6 Å². The summed E-state index contributed by atoms with van der Waals surface area (Å²) in [5.41, 5.74) is 5.23. The maximum atomic E-state index is 13.9. The zero-order chi connectivity index (χ0) is 14.2. The number of carbonyl (C=O) groups is 1. The van der Waals surface area contributed by atoms with Crippen molar-refractivity contribution in [3.05, 3.63) is 39.2 Å². The number of aryl methyl sites for hydroxylation is 1. The number of likely N-dealkylation sites (tertiary alicyclic amines) is 1. The second-order valence-electron chi connectivity index (χ2n) is 4.68. The van der Waals surface area contributed by atoms with Crippen molar-refractivity contribution in [1.82, 2.24) is 4.90 Å². The van der Waals surface area contributed by atoms with Crippen molar-refractivity contribution in [2.75, 3.05) is 13.1 Å². The van der Waals surface area contributed by atoms with E-state index in [4.69, 9.17) is 5.73 Å². The number of rotatable bonds is 2. The quantitative estimate of drug-likeness (QED) is 0.644. The summed E-state index contributed by atoms with van der Waals surface area (Å²) < 4.78 is 13.9. The molecule has 1 aromatic rings. The predicted molar refractivity (Wildman–Crippen MR) is 66.3 cm³/mol. The third kappa shape index (κ3) is 2.55. The molecule has 1 atom stereocenters. The molecule has 2 rings (SSSR count). The second-order valence-corrected chi connectivity index (χ2v) is 4.68. The van der Waals surface area contributed by atoms with Gasteiger partial charge in [0.15, 0.2) is 0 Å². The molecular weight excluding hydrogens is 253 g/mol. The van der Waals surface area contributed by atoms with Crippen molar-refractivity contribution in [2.24, 2.45) is 5.73 Å². The molecule has 0 aromatic heterocycles. The van der Waals surface area contributed by atoms with Gasteiger partial charge in [-0.2, -0.15) is 0 Å². The Balaban J connectivity index is 2.38. The lowest BCUT2D eigenvalue weighted by molar-refractivity contribution is -0.385. The van der Waals surface area contributed by atoms with E-state index in [9.17, 15) is 19.3 Å². The Labute approximate surface area is 109 Å². The van der Waals surface area contributed by atoms with Crippen LogP contribution in [0.4, 0.5) is 10.1 Å². The number of hydrogen-bond donors (Lipinski definition) is 1. The van der Waals surface area contributed by atoms with Gasteiger partial charge in [0.2, 0.25) is 0 Å². The molecule has 0 bridgehead atoms. The first kappa shape index (κ1) is 13.4. The van der Waals surface area contributed by atoms with Gasteiger partial charge >= 0.3 is 0 Å². The largest absolute Gasteiger partial charge is 0.337 e. The van der Waals surface area contributed by atoms with Crippen LogP contribution in [-0.4, -0.2) is 34.9 Å². The van der Waals surface area contributed by atoms with Crippen molar-refractivity contribution in [2.45, 2.75) is 19.4 Å². The summed E-state index contributed by atoms with van der Waals surface area (Å²) >= 11 is 0. The van der Waals surface area contributed by atoms with Gasteiger partial charge in [0, 0.05) is 31.3 Å². The minimum Gasteiger partial charge on any atom is -0.337 e. The van der Waals surface area contributed by atoms with E-state index >= 15 is 0 Å². The zero-order valence-electron chi connectivity index (χ0n) is 10.4. The highest BCUT2D eigenvalue weighted by molar-refractivity contribution is 5.95. The third-order valence-electron chi connectivity index (χ3n) is 3.19. The van der Waals surface area contributed by atoms with Gasteiger partial charge in [-0.1, -0.05) is 0 Å². The standard InChI is InChI=1S/C12H14FN3O3/c1-7-4-9(16(18)19)5-10(11(7)13)12(17)15-3-2-8(14)6-15/h4-5,8H,2-3,6,14H2,1H3/t8-/m0/s1. The van der Waals surface area contributed by atoms with Crippen LogP contribution in [0, 0.1) is 22.9 Å². The molecule has 102 valence electrons. The molecule has 1 aliphatic heterocycles. The highest BCUT2D eigenvalue weighted by atomic mass is 19.1. The summed E-state index contributed by atoms with van der Waals surface area (Å²) in [6.07, 6.45) is 0.654. The number of nitrogens with zero attached hydrogens (tertiary/aromatic N) is 2.